The van der Waals surface area contributed by atoms with Crippen LogP contribution in [0.1, 0.15) is 31.7 Å². The summed E-state index contributed by atoms with van der Waals surface area (Å²) in [6, 6.07) is 0.0368. The van der Waals surface area contributed by atoms with E-state index < -0.39 is 10.0 Å². The molecule has 2 atom stereocenters. The first-order valence-electron chi connectivity index (χ1n) is 5.74. The predicted molar refractivity (Wildman–Crippen MR) is 61.6 cm³/mol. The summed E-state index contributed by atoms with van der Waals surface area (Å²) in [7, 11) is -3.58. The second-order valence-corrected chi connectivity index (χ2v) is 6.05. The summed E-state index contributed by atoms with van der Waals surface area (Å²) < 4.78 is 26.6. The molecule has 0 spiro atoms. The molecule has 1 heterocycles. The minimum atomic E-state index is -3.58. The minimum absolute atomic E-state index is 0.0258. The maximum atomic E-state index is 12.0. The van der Waals surface area contributed by atoms with Crippen molar-refractivity contribution in [1.82, 2.24) is 14.9 Å². The van der Waals surface area contributed by atoms with Crippen LogP contribution in [0, 0.1) is 5.92 Å². The molecule has 1 aromatic heterocycles. The SMILES string of the molecule is CCCC1CC1NS(=O)(=O)c1[nH]ncc1CO. The smallest absolute Gasteiger partial charge is 0.258 e. The van der Waals surface area contributed by atoms with E-state index in [2.05, 4.69) is 21.8 Å². The largest absolute Gasteiger partial charge is 0.392 e. The molecule has 1 aromatic rings. The average molecular weight is 259 g/mol. The van der Waals surface area contributed by atoms with Gasteiger partial charge < -0.3 is 5.11 Å². The number of aromatic amines is 1. The molecule has 6 nitrogen and oxygen atoms in total. The summed E-state index contributed by atoms with van der Waals surface area (Å²) in [4.78, 5) is 0. The van der Waals surface area contributed by atoms with Crippen LogP contribution in [-0.4, -0.2) is 29.8 Å². The fraction of sp³-hybridized carbons (Fsp3) is 0.700. The van der Waals surface area contributed by atoms with Crippen molar-refractivity contribution in [2.75, 3.05) is 0 Å². The first-order chi connectivity index (χ1) is 8.08. The lowest BCUT2D eigenvalue weighted by Gasteiger charge is -2.05. The van der Waals surface area contributed by atoms with Gasteiger partial charge in [-0.3, -0.25) is 5.10 Å². The fourth-order valence-electron chi connectivity index (χ4n) is 1.98. The molecule has 96 valence electrons. The van der Waals surface area contributed by atoms with E-state index in [9.17, 15) is 8.42 Å². The van der Waals surface area contributed by atoms with Gasteiger partial charge >= 0.3 is 0 Å². The first-order valence-corrected chi connectivity index (χ1v) is 7.22. The third-order valence-electron chi connectivity index (χ3n) is 3.01. The number of aliphatic hydroxyl groups is 1. The van der Waals surface area contributed by atoms with Crippen molar-refractivity contribution in [2.24, 2.45) is 5.92 Å². The van der Waals surface area contributed by atoms with Crippen LogP contribution in [0.15, 0.2) is 11.2 Å². The highest BCUT2D eigenvalue weighted by Crippen LogP contribution is 2.35. The molecule has 17 heavy (non-hydrogen) atoms. The second-order valence-electron chi connectivity index (χ2n) is 4.39. The van der Waals surface area contributed by atoms with Gasteiger partial charge in [0.2, 0.25) is 0 Å². The molecule has 1 saturated carbocycles. The van der Waals surface area contributed by atoms with E-state index in [1.54, 1.807) is 0 Å². The van der Waals surface area contributed by atoms with Crippen molar-refractivity contribution in [3.63, 3.8) is 0 Å². The monoisotopic (exact) mass is 259 g/mol. The first kappa shape index (κ1) is 12.5. The normalized spacial score (nSPS) is 23.9. The van der Waals surface area contributed by atoms with E-state index in [1.807, 2.05) is 0 Å². The molecular weight excluding hydrogens is 242 g/mol. The van der Waals surface area contributed by atoms with Crippen molar-refractivity contribution >= 4 is 10.0 Å². The highest BCUT2D eigenvalue weighted by atomic mass is 32.2. The summed E-state index contributed by atoms with van der Waals surface area (Å²) in [5.41, 5.74) is 0.296. The van der Waals surface area contributed by atoms with Crippen molar-refractivity contribution in [3.8, 4) is 0 Å². The predicted octanol–water partition coefficient (Wildman–Crippen LogP) is 0.369. The van der Waals surface area contributed by atoms with Gasteiger partial charge in [-0.25, -0.2) is 13.1 Å². The highest BCUT2D eigenvalue weighted by molar-refractivity contribution is 7.89. The Balaban J connectivity index is 2.05. The van der Waals surface area contributed by atoms with Crippen LogP contribution in [-0.2, 0) is 16.6 Å². The average Bonchev–Trinajstić information content (AvgIpc) is 2.83. The summed E-state index contributed by atoms with van der Waals surface area (Å²) in [6.07, 6.45) is 4.33. The Hall–Kier alpha value is -0.920. The zero-order chi connectivity index (χ0) is 12.5. The van der Waals surface area contributed by atoms with Gasteiger partial charge in [0.05, 0.1) is 12.8 Å². The quantitative estimate of drug-likeness (QED) is 0.687. The molecule has 7 heteroatoms. The molecule has 2 rings (SSSR count). The van der Waals surface area contributed by atoms with Crippen LogP contribution in [0.25, 0.3) is 0 Å². The molecular formula is C10H17N3O3S. The van der Waals surface area contributed by atoms with Gasteiger partial charge in [0.1, 0.15) is 0 Å². The molecule has 0 amide bonds. The van der Waals surface area contributed by atoms with Gasteiger partial charge in [0, 0.05) is 11.6 Å². The lowest BCUT2D eigenvalue weighted by atomic mass is 10.2. The van der Waals surface area contributed by atoms with Crippen molar-refractivity contribution in [1.29, 1.82) is 0 Å². The number of H-pyrrole nitrogens is 1. The molecule has 0 bridgehead atoms. The summed E-state index contributed by atoms with van der Waals surface area (Å²) >= 11 is 0. The van der Waals surface area contributed by atoms with Crippen LogP contribution >= 0.6 is 0 Å². The lowest BCUT2D eigenvalue weighted by Crippen LogP contribution is -2.28. The lowest BCUT2D eigenvalue weighted by molar-refractivity contribution is 0.278. The molecule has 0 radical (unpaired) electrons. The minimum Gasteiger partial charge on any atom is -0.392 e. The summed E-state index contributed by atoms with van der Waals surface area (Å²) in [5, 5.41) is 15.0. The van der Waals surface area contributed by atoms with Gasteiger partial charge in [0.25, 0.3) is 10.0 Å². The molecule has 3 N–H and O–H groups in total. The number of nitrogens with zero attached hydrogens (tertiary/aromatic N) is 1. The summed E-state index contributed by atoms with van der Waals surface area (Å²) in [6.45, 7) is 1.75. The van der Waals surface area contributed by atoms with E-state index in [4.69, 9.17) is 5.11 Å². The molecule has 1 fully saturated rings. The van der Waals surface area contributed by atoms with Gasteiger partial charge in [-0.1, -0.05) is 13.3 Å². The van der Waals surface area contributed by atoms with Crippen LogP contribution in [0.2, 0.25) is 0 Å². The van der Waals surface area contributed by atoms with E-state index >= 15 is 0 Å². The van der Waals surface area contributed by atoms with Gasteiger partial charge in [-0.2, -0.15) is 5.10 Å². The standard InChI is InChI=1S/C10H17N3O3S/c1-2-3-7-4-9(7)13-17(15,16)10-8(6-14)5-11-12-10/h5,7,9,13-14H,2-4,6H2,1H3,(H,11,12). The van der Waals surface area contributed by atoms with E-state index in [0.29, 0.717) is 11.5 Å². The number of hydrogen-bond acceptors (Lipinski definition) is 4. The number of rotatable bonds is 6. The van der Waals surface area contributed by atoms with Crippen LogP contribution in [0.3, 0.4) is 0 Å². The van der Waals surface area contributed by atoms with E-state index in [1.165, 1.54) is 6.20 Å². The maximum Gasteiger partial charge on any atom is 0.258 e. The number of sulfonamides is 1. The molecule has 0 saturated heterocycles. The van der Waals surface area contributed by atoms with Crippen molar-refractivity contribution in [3.05, 3.63) is 11.8 Å². The van der Waals surface area contributed by atoms with Gasteiger partial charge in [-0.15, -0.1) is 0 Å². The number of hydrogen-bond donors (Lipinski definition) is 3. The molecule has 2 unspecified atom stereocenters. The molecule has 0 aliphatic heterocycles. The molecule has 1 aliphatic carbocycles. The van der Waals surface area contributed by atoms with Crippen molar-refractivity contribution < 1.29 is 13.5 Å². The van der Waals surface area contributed by atoms with Crippen LogP contribution in [0.5, 0.6) is 0 Å². The molecule has 1 aliphatic rings. The highest BCUT2D eigenvalue weighted by Gasteiger charge is 2.40. The zero-order valence-electron chi connectivity index (χ0n) is 9.68. The van der Waals surface area contributed by atoms with Gasteiger partial charge in [-0.05, 0) is 18.8 Å². The Labute approximate surface area is 100 Å². The van der Waals surface area contributed by atoms with Crippen LogP contribution in [0.4, 0.5) is 0 Å². The molecule has 0 aromatic carbocycles. The topological polar surface area (TPSA) is 95.1 Å². The fourth-order valence-corrected chi connectivity index (χ4v) is 3.42. The Bertz CT molecular complexity index is 483. The third-order valence-corrected chi connectivity index (χ3v) is 4.51. The maximum absolute atomic E-state index is 12.0. The van der Waals surface area contributed by atoms with E-state index in [0.717, 1.165) is 19.3 Å². The Morgan fingerprint density at radius 3 is 3.06 bits per heavy atom. The van der Waals surface area contributed by atoms with E-state index in [-0.39, 0.29) is 17.7 Å². The van der Waals surface area contributed by atoms with Crippen LogP contribution < -0.4 is 4.72 Å². The second kappa shape index (κ2) is 4.75. The van der Waals surface area contributed by atoms with Crippen molar-refractivity contribution in [2.45, 2.75) is 43.9 Å². The Kier molecular flexibility index (Phi) is 3.50. The summed E-state index contributed by atoms with van der Waals surface area (Å²) in [5.74, 6) is 0.454. The number of aliphatic hydroxyl groups excluding tert-OH is 1. The number of aromatic nitrogens is 2. The number of nitrogens with one attached hydrogen (secondary N) is 2. The van der Waals surface area contributed by atoms with Gasteiger partial charge in [0.15, 0.2) is 5.03 Å². The third kappa shape index (κ3) is 2.67. The Morgan fingerprint density at radius 1 is 1.65 bits per heavy atom. The zero-order valence-corrected chi connectivity index (χ0v) is 10.5. The Morgan fingerprint density at radius 2 is 2.41 bits per heavy atom.